The molecule has 0 nitrogen and oxygen atoms in total. The van der Waals surface area contributed by atoms with Crippen LogP contribution in [-0.4, -0.2) is 0 Å². The van der Waals surface area contributed by atoms with Crippen LogP contribution in [0.25, 0.3) is 33.4 Å². The predicted molar refractivity (Wildman–Crippen MR) is 110 cm³/mol. The average molecular weight is 338 g/mol. The highest BCUT2D eigenvalue weighted by Gasteiger charge is 2.14. The highest BCUT2D eigenvalue weighted by molar-refractivity contribution is 7.80. The van der Waals surface area contributed by atoms with Gasteiger partial charge in [0.05, 0.1) is 0 Å². The van der Waals surface area contributed by atoms with Gasteiger partial charge in [-0.2, -0.15) is 0 Å². The molecular weight excluding hydrogens is 320 g/mol. The fraction of sp³-hybridized carbons (Fsp3) is 0. The average Bonchev–Trinajstić information content (AvgIpc) is 2.70. The molecule has 0 atom stereocenters. The number of thiol groups is 1. The van der Waals surface area contributed by atoms with Crippen LogP contribution in [-0.2, 0) is 0 Å². The third-order valence-corrected chi connectivity index (χ3v) is 4.87. The fourth-order valence-corrected chi connectivity index (χ4v) is 3.65. The SMILES string of the molecule is Sc1c(-c2ccccc2)ccc(-c2ccccc2)c1-c1ccccc1. The lowest BCUT2D eigenvalue weighted by molar-refractivity contribution is 1.43. The third-order valence-electron chi connectivity index (χ3n) is 4.41. The van der Waals surface area contributed by atoms with E-state index in [-0.39, 0.29) is 0 Å². The minimum atomic E-state index is 1.01. The molecule has 0 bridgehead atoms. The molecule has 0 N–H and O–H groups in total. The van der Waals surface area contributed by atoms with E-state index in [0.717, 1.165) is 10.5 Å². The summed E-state index contributed by atoms with van der Waals surface area (Å²) in [5.74, 6) is 0. The Morgan fingerprint density at radius 1 is 0.400 bits per heavy atom. The van der Waals surface area contributed by atoms with Gasteiger partial charge in [-0.3, -0.25) is 0 Å². The molecule has 4 rings (SSSR count). The molecule has 25 heavy (non-hydrogen) atoms. The highest BCUT2D eigenvalue weighted by Crippen LogP contribution is 2.41. The van der Waals surface area contributed by atoms with Gasteiger partial charge in [0.1, 0.15) is 0 Å². The number of rotatable bonds is 3. The fourth-order valence-electron chi connectivity index (χ4n) is 3.20. The molecule has 4 aromatic carbocycles. The van der Waals surface area contributed by atoms with Gasteiger partial charge in [0.2, 0.25) is 0 Å². The van der Waals surface area contributed by atoms with Gasteiger partial charge >= 0.3 is 0 Å². The molecule has 0 aliphatic carbocycles. The lowest BCUT2D eigenvalue weighted by Gasteiger charge is -2.17. The molecule has 0 heterocycles. The Labute approximate surface area is 154 Å². The summed E-state index contributed by atoms with van der Waals surface area (Å²) in [6, 6.07) is 35.8. The van der Waals surface area contributed by atoms with Crippen molar-refractivity contribution in [1.29, 1.82) is 0 Å². The van der Waals surface area contributed by atoms with Gasteiger partial charge in [-0.1, -0.05) is 103 Å². The predicted octanol–water partition coefficient (Wildman–Crippen LogP) is 6.98. The van der Waals surface area contributed by atoms with Crippen LogP contribution >= 0.6 is 12.6 Å². The van der Waals surface area contributed by atoms with Gasteiger partial charge in [-0.25, -0.2) is 0 Å². The van der Waals surface area contributed by atoms with Crippen LogP contribution < -0.4 is 0 Å². The molecule has 1 heteroatoms. The summed E-state index contributed by atoms with van der Waals surface area (Å²) in [5.41, 5.74) is 7.11. The Morgan fingerprint density at radius 3 is 1.32 bits per heavy atom. The van der Waals surface area contributed by atoms with E-state index in [1.54, 1.807) is 0 Å². The topological polar surface area (TPSA) is 0 Å². The zero-order valence-corrected chi connectivity index (χ0v) is 14.7. The highest BCUT2D eigenvalue weighted by atomic mass is 32.1. The summed E-state index contributed by atoms with van der Waals surface area (Å²) in [7, 11) is 0. The van der Waals surface area contributed by atoms with Crippen molar-refractivity contribution in [2.45, 2.75) is 4.90 Å². The monoisotopic (exact) mass is 338 g/mol. The van der Waals surface area contributed by atoms with Crippen molar-refractivity contribution in [3.63, 3.8) is 0 Å². The summed E-state index contributed by atoms with van der Waals surface area (Å²) in [6.07, 6.45) is 0. The second-order valence-corrected chi connectivity index (χ2v) is 6.43. The molecule has 0 saturated carbocycles. The van der Waals surface area contributed by atoms with E-state index in [4.69, 9.17) is 12.6 Å². The number of hydrogen-bond donors (Lipinski definition) is 1. The Morgan fingerprint density at radius 2 is 0.800 bits per heavy atom. The van der Waals surface area contributed by atoms with Crippen molar-refractivity contribution in [1.82, 2.24) is 0 Å². The van der Waals surface area contributed by atoms with Crippen LogP contribution in [0.15, 0.2) is 108 Å². The van der Waals surface area contributed by atoms with Crippen molar-refractivity contribution < 1.29 is 0 Å². The number of benzene rings is 4. The molecule has 0 aliphatic rings. The van der Waals surface area contributed by atoms with Gasteiger partial charge in [0.25, 0.3) is 0 Å². The summed E-state index contributed by atoms with van der Waals surface area (Å²) in [4.78, 5) is 1.01. The zero-order valence-electron chi connectivity index (χ0n) is 13.8. The molecule has 0 aromatic heterocycles. The Kier molecular flexibility index (Phi) is 4.41. The Balaban J connectivity index is 2.00. The van der Waals surface area contributed by atoms with Crippen LogP contribution in [0.1, 0.15) is 0 Å². The van der Waals surface area contributed by atoms with E-state index in [0.29, 0.717) is 0 Å². The van der Waals surface area contributed by atoms with Gasteiger partial charge in [-0.05, 0) is 27.8 Å². The van der Waals surface area contributed by atoms with Crippen LogP contribution in [0.3, 0.4) is 0 Å². The van der Waals surface area contributed by atoms with E-state index in [1.165, 1.54) is 27.8 Å². The molecule has 4 aromatic rings. The molecule has 0 saturated heterocycles. The van der Waals surface area contributed by atoms with Gasteiger partial charge in [0.15, 0.2) is 0 Å². The maximum absolute atomic E-state index is 4.95. The van der Waals surface area contributed by atoms with Gasteiger partial charge < -0.3 is 0 Å². The summed E-state index contributed by atoms with van der Waals surface area (Å²) < 4.78 is 0. The van der Waals surface area contributed by atoms with Gasteiger partial charge in [0, 0.05) is 10.5 Å². The van der Waals surface area contributed by atoms with Crippen LogP contribution in [0, 0.1) is 0 Å². The third kappa shape index (κ3) is 3.11. The van der Waals surface area contributed by atoms with E-state index >= 15 is 0 Å². The standard InChI is InChI=1S/C24H18S/c25-24-22(19-12-6-2-7-13-19)17-16-21(18-10-4-1-5-11-18)23(24)20-14-8-3-9-15-20/h1-17,25H. The van der Waals surface area contributed by atoms with Crippen molar-refractivity contribution in [2.75, 3.05) is 0 Å². The molecular formula is C24H18S. The van der Waals surface area contributed by atoms with Gasteiger partial charge in [-0.15, -0.1) is 12.6 Å². The maximum Gasteiger partial charge on any atom is 0.0204 e. The van der Waals surface area contributed by atoms with E-state index < -0.39 is 0 Å². The summed E-state index contributed by atoms with van der Waals surface area (Å²) in [6.45, 7) is 0. The van der Waals surface area contributed by atoms with Crippen molar-refractivity contribution in [3.8, 4) is 33.4 Å². The minimum absolute atomic E-state index is 1.01. The van der Waals surface area contributed by atoms with E-state index in [1.807, 2.05) is 18.2 Å². The molecule has 0 unspecified atom stereocenters. The molecule has 0 radical (unpaired) electrons. The molecule has 0 aliphatic heterocycles. The summed E-state index contributed by atoms with van der Waals surface area (Å²) in [5, 5.41) is 0. The molecule has 0 amide bonds. The minimum Gasteiger partial charge on any atom is -0.142 e. The van der Waals surface area contributed by atoms with Crippen LogP contribution in [0.2, 0.25) is 0 Å². The van der Waals surface area contributed by atoms with E-state index in [9.17, 15) is 0 Å². The van der Waals surface area contributed by atoms with Crippen LogP contribution in [0.4, 0.5) is 0 Å². The van der Waals surface area contributed by atoms with E-state index in [2.05, 4.69) is 84.9 Å². The van der Waals surface area contributed by atoms with Crippen molar-refractivity contribution in [3.05, 3.63) is 103 Å². The largest absolute Gasteiger partial charge is 0.142 e. The summed E-state index contributed by atoms with van der Waals surface area (Å²) >= 11 is 4.95. The first-order chi connectivity index (χ1) is 12.3. The zero-order chi connectivity index (χ0) is 17.1. The lowest BCUT2D eigenvalue weighted by Crippen LogP contribution is -1.91. The van der Waals surface area contributed by atoms with Crippen molar-refractivity contribution >= 4 is 12.6 Å². The normalized spacial score (nSPS) is 10.6. The first-order valence-electron chi connectivity index (χ1n) is 8.37. The first-order valence-corrected chi connectivity index (χ1v) is 8.81. The maximum atomic E-state index is 4.95. The molecule has 0 fully saturated rings. The Hall–Kier alpha value is -2.77. The second-order valence-electron chi connectivity index (χ2n) is 5.98. The number of hydrogen-bond acceptors (Lipinski definition) is 1. The second kappa shape index (κ2) is 7.00. The first kappa shape index (κ1) is 15.7. The quantitative estimate of drug-likeness (QED) is 0.383. The molecule has 120 valence electrons. The molecule has 0 spiro atoms. The van der Waals surface area contributed by atoms with Crippen LogP contribution in [0.5, 0.6) is 0 Å². The Bertz CT molecular complexity index is 974. The van der Waals surface area contributed by atoms with Crippen molar-refractivity contribution in [2.24, 2.45) is 0 Å². The smallest absolute Gasteiger partial charge is 0.0204 e. The lowest BCUT2D eigenvalue weighted by atomic mass is 9.91.